The molecule has 0 bridgehead atoms. The zero-order valence-electron chi connectivity index (χ0n) is 8.99. The highest BCUT2D eigenvalue weighted by Gasteiger charge is 2.32. The Hall–Kier alpha value is -1.06. The summed E-state index contributed by atoms with van der Waals surface area (Å²) in [5.74, 6) is 0.769. The molecule has 3 nitrogen and oxygen atoms in total. The van der Waals surface area contributed by atoms with Crippen LogP contribution >= 0.6 is 0 Å². The van der Waals surface area contributed by atoms with Crippen LogP contribution in [-0.4, -0.2) is 18.3 Å². The maximum atomic E-state index is 10.4. The monoisotopic (exact) mass is 207 g/mol. The Kier molecular flexibility index (Phi) is 2.67. The zero-order chi connectivity index (χ0) is 10.9. The minimum atomic E-state index is -0.919. The average Bonchev–Trinajstić information content (AvgIpc) is 2.40. The van der Waals surface area contributed by atoms with Gasteiger partial charge in [0, 0.05) is 12.1 Å². The van der Waals surface area contributed by atoms with E-state index in [1.165, 1.54) is 0 Å². The van der Waals surface area contributed by atoms with Crippen LogP contribution in [0.1, 0.15) is 24.0 Å². The summed E-state index contributed by atoms with van der Waals surface area (Å²) in [5.41, 5.74) is 6.70. The van der Waals surface area contributed by atoms with Gasteiger partial charge < -0.3 is 15.6 Å². The smallest absolute Gasteiger partial charge is 0.125 e. The maximum absolute atomic E-state index is 10.4. The number of aryl methyl sites for hydroxylation is 1. The molecule has 3 heteroatoms. The van der Waals surface area contributed by atoms with Gasteiger partial charge in [-0.05, 0) is 31.9 Å². The standard InChI is InChI=1S/C12H17NO2/c1-9-3-4-11-10(7-9)12(14,8-13)5-2-6-15-11/h3-4,7,14H,2,5-6,8,13H2,1H3. The second-order valence-corrected chi connectivity index (χ2v) is 4.19. The minimum absolute atomic E-state index is 0.243. The first kappa shape index (κ1) is 10.5. The van der Waals surface area contributed by atoms with E-state index in [1.807, 2.05) is 25.1 Å². The van der Waals surface area contributed by atoms with Gasteiger partial charge in [-0.2, -0.15) is 0 Å². The first-order chi connectivity index (χ1) is 7.15. The SMILES string of the molecule is Cc1ccc2c(c1)C(O)(CN)CCCO2. The van der Waals surface area contributed by atoms with Crippen molar-refractivity contribution in [2.45, 2.75) is 25.4 Å². The number of aliphatic hydroxyl groups is 1. The predicted molar refractivity (Wildman–Crippen MR) is 58.9 cm³/mol. The molecule has 1 aliphatic heterocycles. The Morgan fingerprint density at radius 2 is 2.33 bits per heavy atom. The van der Waals surface area contributed by atoms with Gasteiger partial charge in [0.15, 0.2) is 0 Å². The van der Waals surface area contributed by atoms with Gasteiger partial charge in [0.25, 0.3) is 0 Å². The van der Waals surface area contributed by atoms with Crippen LogP contribution in [-0.2, 0) is 5.60 Å². The number of nitrogens with two attached hydrogens (primary N) is 1. The Morgan fingerprint density at radius 3 is 3.07 bits per heavy atom. The summed E-state index contributed by atoms with van der Waals surface area (Å²) in [5, 5.41) is 10.4. The molecule has 15 heavy (non-hydrogen) atoms. The summed E-state index contributed by atoms with van der Waals surface area (Å²) in [7, 11) is 0. The van der Waals surface area contributed by atoms with Gasteiger partial charge in [-0.1, -0.05) is 11.6 Å². The van der Waals surface area contributed by atoms with Crippen LogP contribution < -0.4 is 10.5 Å². The number of hydrogen-bond donors (Lipinski definition) is 2. The molecular formula is C12H17NO2. The van der Waals surface area contributed by atoms with Gasteiger partial charge in [-0.15, -0.1) is 0 Å². The molecule has 0 saturated heterocycles. The molecule has 0 saturated carbocycles. The van der Waals surface area contributed by atoms with Crippen LogP contribution in [0, 0.1) is 6.92 Å². The molecule has 0 spiro atoms. The number of ether oxygens (including phenoxy) is 1. The molecule has 1 aromatic carbocycles. The largest absolute Gasteiger partial charge is 0.493 e. The van der Waals surface area contributed by atoms with Crippen LogP contribution in [0.3, 0.4) is 0 Å². The van der Waals surface area contributed by atoms with Crippen LogP contribution in [0.25, 0.3) is 0 Å². The molecule has 0 fully saturated rings. The van der Waals surface area contributed by atoms with E-state index < -0.39 is 5.60 Å². The van der Waals surface area contributed by atoms with E-state index in [9.17, 15) is 5.11 Å². The van der Waals surface area contributed by atoms with Crippen molar-refractivity contribution in [3.8, 4) is 5.75 Å². The average molecular weight is 207 g/mol. The van der Waals surface area contributed by atoms with Crippen LogP contribution in [0.15, 0.2) is 18.2 Å². The molecule has 2 rings (SSSR count). The quantitative estimate of drug-likeness (QED) is 0.730. The number of fused-ring (bicyclic) bond motifs is 1. The first-order valence-electron chi connectivity index (χ1n) is 5.32. The fourth-order valence-electron chi connectivity index (χ4n) is 2.03. The predicted octanol–water partition coefficient (Wildman–Crippen LogP) is 1.31. The van der Waals surface area contributed by atoms with Gasteiger partial charge in [-0.3, -0.25) is 0 Å². The summed E-state index contributed by atoms with van der Waals surface area (Å²) in [6.45, 7) is 2.90. The third-order valence-electron chi connectivity index (χ3n) is 2.97. The molecule has 0 aliphatic carbocycles. The molecule has 1 atom stereocenters. The lowest BCUT2D eigenvalue weighted by atomic mass is 9.88. The molecule has 0 amide bonds. The third-order valence-corrected chi connectivity index (χ3v) is 2.97. The highest BCUT2D eigenvalue weighted by Crippen LogP contribution is 2.36. The number of benzene rings is 1. The molecule has 3 N–H and O–H groups in total. The lowest BCUT2D eigenvalue weighted by molar-refractivity contribution is 0.0374. The Morgan fingerprint density at radius 1 is 1.53 bits per heavy atom. The Labute approximate surface area is 89.9 Å². The summed E-state index contributed by atoms with van der Waals surface area (Å²) in [6, 6.07) is 5.87. The van der Waals surface area contributed by atoms with Gasteiger partial charge >= 0.3 is 0 Å². The molecule has 1 heterocycles. The van der Waals surface area contributed by atoms with E-state index in [4.69, 9.17) is 10.5 Å². The lowest BCUT2D eigenvalue weighted by Gasteiger charge is -2.26. The van der Waals surface area contributed by atoms with Crippen molar-refractivity contribution in [1.82, 2.24) is 0 Å². The fraction of sp³-hybridized carbons (Fsp3) is 0.500. The van der Waals surface area contributed by atoms with Crippen molar-refractivity contribution in [2.24, 2.45) is 5.73 Å². The normalized spacial score (nSPS) is 25.3. The van der Waals surface area contributed by atoms with Crippen molar-refractivity contribution in [3.05, 3.63) is 29.3 Å². The van der Waals surface area contributed by atoms with Crippen LogP contribution in [0.2, 0.25) is 0 Å². The first-order valence-corrected chi connectivity index (χ1v) is 5.32. The Bertz CT molecular complexity index is 365. The highest BCUT2D eigenvalue weighted by atomic mass is 16.5. The van der Waals surface area contributed by atoms with Gasteiger partial charge in [0.1, 0.15) is 11.4 Å². The van der Waals surface area contributed by atoms with Crippen molar-refractivity contribution < 1.29 is 9.84 Å². The maximum Gasteiger partial charge on any atom is 0.125 e. The summed E-state index contributed by atoms with van der Waals surface area (Å²) in [6.07, 6.45) is 1.50. The molecule has 1 unspecified atom stereocenters. The summed E-state index contributed by atoms with van der Waals surface area (Å²) in [4.78, 5) is 0. The second kappa shape index (κ2) is 3.83. The third kappa shape index (κ3) is 1.85. The fourth-order valence-corrected chi connectivity index (χ4v) is 2.03. The van der Waals surface area contributed by atoms with E-state index in [1.54, 1.807) is 0 Å². The second-order valence-electron chi connectivity index (χ2n) is 4.19. The molecular weight excluding hydrogens is 190 g/mol. The number of hydrogen-bond acceptors (Lipinski definition) is 3. The molecule has 1 aliphatic rings. The van der Waals surface area contributed by atoms with Crippen molar-refractivity contribution in [1.29, 1.82) is 0 Å². The van der Waals surface area contributed by atoms with Gasteiger partial charge in [0.05, 0.1) is 6.61 Å². The van der Waals surface area contributed by atoms with Gasteiger partial charge in [-0.25, -0.2) is 0 Å². The summed E-state index contributed by atoms with van der Waals surface area (Å²) < 4.78 is 5.59. The van der Waals surface area contributed by atoms with Gasteiger partial charge in [0.2, 0.25) is 0 Å². The van der Waals surface area contributed by atoms with E-state index in [0.717, 1.165) is 23.3 Å². The molecule has 0 radical (unpaired) electrons. The van der Waals surface area contributed by atoms with Crippen LogP contribution in [0.5, 0.6) is 5.75 Å². The molecule has 82 valence electrons. The van der Waals surface area contributed by atoms with E-state index in [-0.39, 0.29) is 6.54 Å². The highest BCUT2D eigenvalue weighted by molar-refractivity contribution is 5.41. The Balaban J connectivity index is 2.52. The van der Waals surface area contributed by atoms with E-state index >= 15 is 0 Å². The zero-order valence-corrected chi connectivity index (χ0v) is 8.99. The van der Waals surface area contributed by atoms with Crippen molar-refractivity contribution in [3.63, 3.8) is 0 Å². The minimum Gasteiger partial charge on any atom is -0.493 e. The van der Waals surface area contributed by atoms with Crippen molar-refractivity contribution >= 4 is 0 Å². The molecule has 1 aromatic rings. The molecule has 0 aromatic heterocycles. The lowest BCUT2D eigenvalue weighted by Crippen LogP contribution is -2.34. The number of rotatable bonds is 1. The van der Waals surface area contributed by atoms with E-state index in [0.29, 0.717) is 13.0 Å². The summed E-state index contributed by atoms with van der Waals surface area (Å²) >= 11 is 0. The van der Waals surface area contributed by atoms with Crippen molar-refractivity contribution in [2.75, 3.05) is 13.2 Å². The van der Waals surface area contributed by atoms with E-state index in [2.05, 4.69) is 0 Å². The van der Waals surface area contributed by atoms with Crippen LogP contribution in [0.4, 0.5) is 0 Å². The topological polar surface area (TPSA) is 55.5 Å².